The number of aldehydes is 1. The second-order valence-electron chi connectivity index (χ2n) is 7.51. The monoisotopic (exact) mass is 469 g/mol. The molecule has 0 fully saturated rings. The highest BCUT2D eigenvalue weighted by Crippen LogP contribution is 2.30. The van der Waals surface area contributed by atoms with Crippen LogP contribution in [0.3, 0.4) is 0 Å². The van der Waals surface area contributed by atoms with Gasteiger partial charge < -0.3 is 14.8 Å². The molecule has 0 aliphatic heterocycles. The molecule has 33 heavy (non-hydrogen) atoms. The lowest BCUT2D eigenvalue weighted by Gasteiger charge is -2.14. The van der Waals surface area contributed by atoms with E-state index in [0.29, 0.717) is 40.5 Å². The quantitative estimate of drug-likeness (QED) is 0.391. The van der Waals surface area contributed by atoms with Crippen LogP contribution in [0.4, 0.5) is 4.39 Å². The van der Waals surface area contributed by atoms with E-state index < -0.39 is 5.82 Å². The topological polar surface area (TPSA) is 64.6 Å². The number of amides is 1. The van der Waals surface area contributed by atoms with Crippen LogP contribution in [-0.4, -0.2) is 25.9 Å². The van der Waals surface area contributed by atoms with Gasteiger partial charge in [-0.05, 0) is 72.5 Å². The second-order valence-corrected chi connectivity index (χ2v) is 7.91. The molecular formula is C26H25ClFNO4. The Hall–Kier alpha value is -3.38. The number of carbonyl (C=O) groups is 2. The maximum atomic E-state index is 13.9. The SMILES string of the molecule is CCCOc1ccc(C(=O)NCc2cc(-c3cc(C=O)c(F)cc3C)ccc2OC)c(Cl)c1. The number of ether oxygens (including phenoxy) is 2. The lowest BCUT2D eigenvalue weighted by Crippen LogP contribution is -2.23. The van der Waals surface area contributed by atoms with Crippen molar-refractivity contribution in [1.82, 2.24) is 5.32 Å². The van der Waals surface area contributed by atoms with Crippen LogP contribution in [0.2, 0.25) is 5.02 Å². The van der Waals surface area contributed by atoms with Gasteiger partial charge in [-0.1, -0.05) is 24.6 Å². The van der Waals surface area contributed by atoms with E-state index >= 15 is 0 Å². The molecule has 0 aliphatic rings. The molecule has 172 valence electrons. The molecule has 3 aromatic rings. The minimum Gasteiger partial charge on any atom is -0.496 e. The van der Waals surface area contributed by atoms with E-state index in [1.54, 1.807) is 38.3 Å². The third kappa shape index (κ3) is 5.71. The Morgan fingerprint density at radius 2 is 1.94 bits per heavy atom. The van der Waals surface area contributed by atoms with E-state index in [4.69, 9.17) is 21.1 Å². The molecule has 3 rings (SSSR count). The molecule has 0 aromatic heterocycles. The predicted molar refractivity (Wildman–Crippen MR) is 127 cm³/mol. The van der Waals surface area contributed by atoms with Gasteiger partial charge in [-0.2, -0.15) is 0 Å². The molecule has 0 saturated heterocycles. The number of nitrogens with one attached hydrogen (secondary N) is 1. The van der Waals surface area contributed by atoms with Crippen molar-refractivity contribution in [1.29, 1.82) is 0 Å². The molecule has 1 amide bonds. The fraction of sp³-hybridized carbons (Fsp3) is 0.231. The third-order valence-electron chi connectivity index (χ3n) is 5.16. The lowest BCUT2D eigenvalue weighted by atomic mass is 9.96. The summed E-state index contributed by atoms with van der Waals surface area (Å²) in [5.41, 5.74) is 3.23. The Bertz CT molecular complexity index is 1180. The van der Waals surface area contributed by atoms with Gasteiger partial charge in [0.1, 0.15) is 17.3 Å². The summed E-state index contributed by atoms with van der Waals surface area (Å²) >= 11 is 6.28. The first-order valence-corrected chi connectivity index (χ1v) is 10.9. The number of methoxy groups -OCH3 is 1. The summed E-state index contributed by atoms with van der Waals surface area (Å²) in [7, 11) is 1.54. The number of carbonyl (C=O) groups excluding carboxylic acids is 2. The first kappa shape index (κ1) is 24.3. The minimum absolute atomic E-state index is 0.0118. The Labute approximate surface area is 197 Å². The van der Waals surface area contributed by atoms with Gasteiger partial charge in [0.15, 0.2) is 6.29 Å². The highest BCUT2D eigenvalue weighted by atomic mass is 35.5. The van der Waals surface area contributed by atoms with Crippen molar-refractivity contribution in [2.24, 2.45) is 0 Å². The molecule has 0 heterocycles. The average molecular weight is 470 g/mol. The number of rotatable bonds is 9. The first-order chi connectivity index (χ1) is 15.9. The van der Waals surface area contributed by atoms with Crippen molar-refractivity contribution in [3.8, 4) is 22.6 Å². The van der Waals surface area contributed by atoms with E-state index in [-0.39, 0.29) is 18.0 Å². The van der Waals surface area contributed by atoms with Gasteiger partial charge in [-0.3, -0.25) is 9.59 Å². The fourth-order valence-corrected chi connectivity index (χ4v) is 3.69. The maximum absolute atomic E-state index is 13.9. The molecule has 0 spiro atoms. The van der Waals surface area contributed by atoms with Crippen LogP contribution in [0.1, 0.15) is 45.2 Å². The summed E-state index contributed by atoms with van der Waals surface area (Å²) in [4.78, 5) is 23.9. The lowest BCUT2D eigenvalue weighted by molar-refractivity contribution is 0.0950. The molecule has 0 aliphatic carbocycles. The van der Waals surface area contributed by atoms with E-state index in [1.807, 2.05) is 19.1 Å². The van der Waals surface area contributed by atoms with Crippen LogP contribution >= 0.6 is 11.6 Å². The van der Waals surface area contributed by atoms with Crippen molar-refractivity contribution in [2.75, 3.05) is 13.7 Å². The summed E-state index contributed by atoms with van der Waals surface area (Å²) in [6.07, 6.45) is 1.36. The smallest absolute Gasteiger partial charge is 0.253 e. The number of hydrogen-bond donors (Lipinski definition) is 1. The second kappa shape index (κ2) is 11.0. The number of aryl methyl sites for hydroxylation is 1. The zero-order valence-electron chi connectivity index (χ0n) is 18.7. The Balaban J connectivity index is 1.83. The summed E-state index contributed by atoms with van der Waals surface area (Å²) < 4.78 is 24.9. The average Bonchev–Trinajstić information content (AvgIpc) is 2.81. The molecule has 0 bridgehead atoms. The number of hydrogen-bond acceptors (Lipinski definition) is 4. The maximum Gasteiger partial charge on any atom is 0.253 e. The number of halogens is 2. The Morgan fingerprint density at radius 3 is 2.61 bits per heavy atom. The van der Waals surface area contributed by atoms with Crippen LogP contribution in [0, 0.1) is 12.7 Å². The van der Waals surface area contributed by atoms with Gasteiger partial charge in [0.25, 0.3) is 5.91 Å². The standard InChI is InChI=1S/C26H25ClFNO4/c1-4-9-33-20-6-7-21(23(27)13-20)26(31)29-14-18-11-17(5-8-25(18)32-3)22-12-19(15-30)24(28)10-16(22)2/h5-8,10-13,15H,4,9,14H2,1-3H3,(H,29,31). The van der Waals surface area contributed by atoms with Gasteiger partial charge in [0.05, 0.1) is 29.9 Å². The van der Waals surface area contributed by atoms with Gasteiger partial charge >= 0.3 is 0 Å². The molecule has 0 atom stereocenters. The third-order valence-corrected chi connectivity index (χ3v) is 5.47. The molecule has 0 unspecified atom stereocenters. The fourth-order valence-electron chi connectivity index (χ4n) is 3.44. The van der Waals surface area contributed by atoms with Crippen molar-refractivity contribution >= 4 is 23.8 Å². The van der Waals surface area contributed by atoms with Crippen LogP contribution in [0.25, 0.3) is 11.1 Å². The van der Waals surface area contributed by atoms with Crippen LogP contribution in [0.5, 0.6) is 11.5 Å². The summed E-state index contributed by atoms with van der Waals surface area (Å²) in [6.45, 7) is 4.53. The Morgan fingerprint density at radius 1 is 1.15 bits per heavy atom. The summed E-state index contributed by atoms with van der Waals surface area (Å²) in [6, 6.07) is 13.2. The van der Waals surface area contributed by atoms with E-state index in [0.717, 1.165) is 23.1 Å². The van der Waals surface area contributed by atoms with Gasteiger partial charge in [-0.25, -0.2) is 4.39 Å². The zero-order chi connectivity index (χ0) is 24.0. The molecular weight excluding hydrogens is 445 g/mol. The minimum atomic E-state index is -0.560. The zero-order valence-corrected chi connectivity index (χ0v) is 19.5. The van der Waals surface area contributed by atoms with Crippen LogP contribution < -0.4 is 14.8 Å². The molecule has 0 saturated carbocycles. The van der Waals surface area contributed by atoms with Gasteiger partial charge in [0, 0.05) is 12.1 Å². The highest BCUT2D eigenvalue weighted by Gasteiger charge is 2.15. The summed E-state index contributed by atoms with van der Waals surface area (Å²) in [5, 5.41) is 3.15. The van der Waals surface area contributed by atoms with Crippen LogP contribution in [0.15, 0.2) is 48.5 Å². The number of benzene rings is 3. The molecule has 3 aromatic carbocycles. The van der Waals surface area contributed by atoms with Gasteiger partial charge in [0.2, 0.25) is 0 Å². The normalized spacial score (nSPS) is 10.6. The summed E-state index contributed by atoms with van der Waals surface area (Å²) in [5.74, 6) is 0.298. The van der Waals surface area contributed by atoms with E-state index in [2.05, 4.69) is 5.32 Å². The molecule has 1 N–H and O–H groups in total. The Kier molecular flexibility index (Phi) is 8.06. The van der Waals surface area contributed by atoms with E-state index in [9.17, 15) is 14.0 Å². The van der Waals surface area contributed by atoms with Crippen molar-refractivity contribution in [3.63, 3.8) is 0 Å². The van der Waals surface area contributed by atoms with E-state index in [1.165, 1.54) is 12.1 Å². The first-order valence-electron chi connectivity index (χ1n) is 10.5. The van der Waals surface area contributed by atoms with Crippen molar-refractivity contribution in [3.05, 3.63) is 81.6 Å². The van der Waals surface area contributed by atoms with Crippen molar-refractivity contribution in [2.45, 2.75) is 26.8 Å². The molecule has 0 radical (unpaired) electrons. The molecule has 5 nitrogen and oxygen atoms in total. The predicted octanol–water partition coefficient (Wildman–Crippen LogP) is 5.99. The van der Waals surface area contributed by atoms with Crippen molar-refractivity contribution < 1.29 is 23.5 Å². The van der Waals surface area contributed by atoms with Gasteiger partial charge in [-0.15, -0.1) is 0 Å². The highest BCUT2D eigenvalue weighted by molar-refractivity contribution is 6.34. The van der Waals surface area contributed by atoms with Crippen LogP contribution in [-0.2, 0) is 6.54 Å². The largest absolute Gasteiger partial charge is 0.496 e. The molecule has 7 heteroatoms.